The molecular formula is C19H23N3O4S. The molecule has 0 atom stereocenters. The summed E-state index contributed by atoms with van der Waals surface area (Å²) in [5.41, 5.74) is -0.590. The van der Waals surface area contributed by atoms with E-state index in [0.717, 1.165) is 11.3 Å². The maximum atomic E-state index is 12.8. The summed E-state index contributed by atoms with van der Waals surface area (Å²) in [6.45, 7) is 7.23. The van der Waals surface area contributed by atoms with Crippen molar-refractivity contribution in [1.29, 1.82) is 0 Å². The lowest BCUT2D eigenvalue weighted by atomic mass is 9.94. The average molecular weight is 389 g/mol. The molecule has 0 aliphatic rings. The summed E-state index contributed by atoms with van der Waals surface area (Å²) < 4.78 is 6.24. The highest BCUT2D eigenvalue weighted by atomic mass is 32.1. The van der Waals surface area contributed by atoms with Crippen LogP contribution in [0, 0.1) is 19.3 Å². The van der Waals surface area contributed by atoms with E-state index in [1.165, 1.54) is 10.9 Å². The Hall–Kier alpha value is -2.66. The zero-order valence-corrected chi connectivity index (χ0v) is 16.7. The Bertz CT molecular complexity index is 964. The Morgan fingerprint density at radius 3 is 2.59 bits per heavy atom. The molecule has 0 radical (unpaired) electrons. The number of aromatic nitrogens is 2. The van der Waals surface area contributed by atoms with Crippen LogP contribution in [0.2, 0.25) is 0 Å². The predicted octanol–water partition coefficient (Wildman–Crippen LogP) is 2.25. The van der Waals surface area contributed by atoms with E-state index in [1.54, 1.807) is 13.8 Å². The smallest absolute Gasteiger partial charge is 0.348 e. The van der Waals surface area contributed by atoms with Gasteiger partial charge in [-0.2, -0.15) is 0 Å². The molecule has 0 aromatic carbocycles. The number of nitrogens with one attached hydrogen (secondary N) is 1. The molecule has 0 spiro atoms. The molecule has 27 heavy (non-hydrogen) atoms. The second-order valence-electron chi connectivity index (χ2n) is 6.12. The number of nitrogens with zero attached hydrogens (tertiary/aromatic N) is 2. The summed E-state index contributed by atoms with van der Waals surface area (Å²) >= 11 is 1.11. The summed E-state index contributed by atoms with van der Waals surface area (Å²) in [6, 6.07) is 0. The van der Waals surface area contributed by atoms with Crippen molar-refractivity contribution in [3.63, 3.8) is 0 Å². The zero-order valence-electron chi connectivity index (χ0n) is 15.9. The standard InChI is InChI=1S/C19H23N3O4S/c1-6-19(7-2,8-3)21-13(23)10-22-11-20-16-14(17(22)24)12(5)15(27-16)18(25)26-9-4/h1,11H,7-10H2,2-5H3,(H,21,23). The van der Waals surface area contributed by atoms with Crippen molar-refractivity contribution in [2.24, 2.45) is 0 Å². The molecule has 2 aromatic heterocycles. The third-order valence-corrected chi connectivity index (χ3v) is 5.73. The Morgan fingerprint density at radius 1 is 1.37 bits per heavy atom. The second kappa shape index (κ2) is 8.35. The van der Waals surface area contributed by atoms with Gasteiger partial charge in [0.25, 0.3) is 5.56 Å². The van der Waals surface area contributed by atoms with Gasteiger partial charge in [-0.15, -0.1) is 17.8 Å². The van der Waals surface area contributed by atoms with Crippen molar-refractivity contribution >= 4 is 33.4 Å². The lowest BCUT2D eigenvalue weighted by Crippen LogP contribution is -2.48. The Balaban J connectivity index is 2.36. The van der Waals surface area contributed by atoms with E-state index in [9.17, 15) is 14.4 Å². The molecule has 1 amide bonds. The van der Waals surface area contributed by atoms with Crippen LogP contribution in [0.5, 0.6) is 0 Å². The maximum Gasteiger partial charge on any atom is 0.348 e. The van der Waals surface area contributed by atoms with Gasteiger partial charge >= 0.3 is 5.97 Å². The minimum absolute atomic E-state index is 0.199. The number of esters is 1. The Morgan fingerprint density at radius 2 is 2.04 bits per heavy atom. The van der Waals surface area contributed by atoms with Gasteiger partial charge in [0.2, 0.25) is 5.91 Å². The first-order valence-electron chi connectivity index (χ1n) is 8.76. The molecule has 0 aliphatic carbocycles. The fourth-order valence-corrected chi connectivity index (χ4v) is 3.82. The van der Waals surface area contributed by atoms with Crippen LogP contribution in [-0.4, -0.2) is 33.6 Å². The summed E-state index contributed by atoms with van der Waals surface area (Å²) in [4.78, 5) is 42.3. The van der Waals surface area contributed by atoms with Crippen molar-refractivity contribution in [1.82, 2.24) is 14.9 Å². The van der Waals surface area contributed by atoms with E-state index in [2.05, 4.69) is 16.2 Å². The van der Waals surface area contributed by atoms with Gasteiger partial charge in [0.15, 0.2) is 0 Å². The monoisotopic (exact) mass is 389 g/mol. The van der Waals surface area contributed by atoms with Crippen molar-refractivity contribution in [3.8, 4) is 12.3 Å². The number of aryl methyl sites for hydroxylation is 1. The predicted molar refractivity (Wildman–Crippen MR) is 105 cm³/mol. The van der Waals surface area contributed by atoms with E-state index in [0.29, 0.717) is 33.5 Å². The molecule has 1 N–H and O–H groups in total. The molecule has 2 aromatic rings. The molecule has 0 fully saturated rings. The molecule has 0 aliphatic heterocycles. The van der Waals surface area contributed by atoms with Gasteiger partial charge in [0.1, 0.15) is 21.8 Å². The fourth-order valence-electron chi connectivity index (χ4n) is 2.79. The minimum Gasteiger partial charge on any atom is -0.462 e. The molecule has 7 nitrogen and oxygen atoms in total. The van der Waals surface area contributed by atoms with Gasteiger partial charge < -0.3 is 10.1 Å². The molecule has 2 rings (SSSR count). The first-order chi connectivity index (χ1) is 12.8. The highest BCUT2D eigenvalue weighted by Crippen LogP contribution is 2.27. The Kier molecular flexibility index (Phi) is 6.39. The maximum absolute atomic E-state index is 12.8. The molecule has 0 bridgehead atoms. The number of carbonyl (C=O) groups is 2. The zero-order chi connectivity index (χ0) is 20.2. The number of hydrogen-bond donors (Lipinski definition) is 1. The van der Waals surface area contributed by atoms with Crippen molar-refractivity contribution in [2.75, 3.05) is 6.61 Å². The number of hydrogen-bond acceptors (Lipinski definition) is 6. The average Bonchev–Trinajstić information content (AvgIpc) is 3.00. The third-order valence-electron chi connectivity index (χ3n) is 4.55. The van der Waals surface area contributed by atoms with Crippen molar-refractivity contribution in [3.05, 3.63) is 27.1 Å². The first kappa shape index (κ1) is 20.6. The van der Waals surface area contributed by atoms with Crippen LogP contribution in [-0.2, 0) is 16.1 Å². The normalized spacial score (nSPS) is 11.2. The lowest BCUT2D eigenvalue weighted by Gasteiger charge is -2.27. The number of rotatable bonds is 7. The molecule has 0 saturated heterocycles. The van der Waals surface area contributed by atoms with E-state index >= 15 is 0 Å². The first-order valence-corrected chi connectivity index (χ1v) is 9.58. The van der Waals surface area contributed by atoms with Gasteiger partial charge in [0.05, 0.1) is 18.3 Å². The number of fused-ring (bicyclic) bond motifs is 1. The SMILES string of the molecule is C#CC(CC)(CC)NC(=O)Cn1cnc2sc(C(=O)OCC)c(C)c2c1=O. The third kappa shape index (κ3) is 4.03. The quantitative estimate of drug-likeness (QED) is 0.579. The van der Waals surface area contributed by atoms with Crippen LogP contribution in [0.25, 0.3) is 10.2 Å². The highest BCUT2D eigenvalue weighted by Gasteiger charge is 2.26. The summed E-state index contributed by atoms with van der Waals surface area (Å²) in [7, 11) is 0. The number of carbonyl (C=O) groups excluding carboxylic acids is 2. The number of terminal acetylenes is 1. The van der Waals surface area contributed by atoms with Crippen LogP contribution in [0.3, 0.4) is 0 Å². The lowest BCUT2D eigenvalue weighted by molar-refractivity contribution is -0.123. The minimum atomic E-state index is -0.729. The summed E-state index contributed by atoms with van der Waals surface area (Å²) in [5, 5.41) is 3.15. The van der Waals surface area contributed by atoms with Gasteiger partial charge in [-0.25, -0.2) is 9.78 Å². The van der Waals surface area contributed by atoms with Crippen LogP contribution in [0.4, 0.5) is 0 Å². The fraction of sp³-hybridized carbons (Fsp3) is 0.474. The molecule has 0 unspecified atom stereocenters. The number of ether oxygens (including phenoxy) is 1. The van der Waals surface area contributed by atoms with Gasteiger partial charge in [-0.3, -0.25) is 14.2 Å². The van der Waals surface area contributed by atoms with Crippen LogP contribution >= 0.6 is 11.3 Å². The van der Waals surface area contributed by atoms with E-state index in [-0.39, 0.29) is 24.6 Å². The van der Waals surface area contributed by atoms with Gasteiger partial charge in [-0.1, -0.05) is 19.8 Å². The van der Waals surface area contributed by atoms with Gasteiger partial charge in [0, 0.05) is 0 Å². The van der Waals surface area contributed by atoms with Crippen LogP contribution < -0.4 is 10.9 Å². The number of amides is 1. The highest BCUT2D eigenvalue weighted by molar-refractivity contribution is 7.20. The van der Waals surface area contributed by atoms with Crippen molar-refractivity contribution in [2.45, 2.75) is 52.6 Å². The molecule has 0 saturated carbocycles. The number of thiophene rings is 1. The van der Waals surface area contributed by atoms with Gasteiger partial charge in [-0.05, 0) is 32.3 Å². The molecule has 8 heteroatoms. The molecule has 144 valence electrons. The Labute approximate surface area is 161 Å². The molecule has 2 heterocycles. The summed E-state index contributed by atoms with van der Waals surface area (Å²) in [5.74, 6) is 1.79. The van der Waals surface area contributed by atoms with Crippen LogP contribution in [0.15, 0.2) is 11.1 Å². The van der Waals surface area contributed by atoms with Crippen LogP contribution in [0.1, 0.15) is 48.8 Å². The summed E-state index contributed by atoms with van der Waals surface area (Å²) in [6.07, 6.45) is 8.05. The van der Waals surface area contributed by atoms with E-state index in [1.807, 2.05) is 13.8 Å². The van der Waals surface area contributed by atoms with E-state index < -0.39 is 11.5 Å². The topological polar surface area (TPSA) is 90.3 Å². The largest absolute Gasteiger partial charge is 0.462 e. The van der Waals surface area contributed by atoms with E-state index in [4.69, 9.17) is 11.2 Å². The van der Waals surface area contributed by atoms with Crippen molar-refractivity contribution < 1.29 is 14.3 Å². The molecular weight excluding hydrogens is 366 g/mol. The second-order valence-corrected chi connectivity index (χ2v) is 7.12.